The molecule has 0 unspecified atom stereocenters. The molecule has 0 saturated carbocycles. The molecule has 23 heavy (non-hydrogen) atoms. The Morgan fingerprint density at radius 1 is 1.26 bits per heavy atom. The summed E-state index contributed by atoms with van der Waals surface area (Å²) in [7, 11) is 1.55. The highest BCUT2D eigenvalue weighted by atomic mass is 35.5. The van der Waals surface area contributed by atoms with E-state index in [-0.39, 0.29) is 16.6 Å². The number of hydrogen-bond acceptors (Lipinski definition) is 3. The van der Waals surface area contributed by atoms with Gasteiger partial charge in [-0.25, -0.2) is 9.18 Å². The molecule has 1 aliphatic rings. The second-order valence-corrected chi connectivity index (χ2v) is 5.60. The summed E-state index contributed by atoms with van der Waals surface area (Å²) in [5.74, 6) is -0.574. The van der Waals surface area contributed by atoms with Gasteiger partial charge in [-0.05, 0) is 18.2 Å². The molecule has 0 aromatic heterocycles. The van der Waals surface area contributed by atoms with E-state index in [0.29, 0.717) is 39.2 Å². The quantitative estimate of drug-likeness (QED) is 0.911. The number of amides is 3. The number of hydrogen-bond donors (Lipinski definition) is 1. The van der Waals surface area contributed by atoms with Crippen molar-refractivity contribution in [2.45, 2.75) is 6.42 Å². The van der Waals surface area contributed by atoms with Crippen LogP contribution < -0.4 is 5.32 Å². The Morgan fingerprint density at radius 2 is 1.91 bits per heavy atom. The predicted molar refractivity (Wildman–Crippen MR) is 85.1 cm³/mol. The van der Waals surface area contributed by atoms with Crippen molar-refractivity contribution in [3.05, 3.63) is 29.0 Å². The molecule has 1 aromatic rings. The Kier molecular flexibility index (Phi) is 6.18. The molecule has 1 aliphatic heterocycles. The van der Waals surface area contributed by atoms with Crippen molar-refractivity contribution in [1.29, 1.82) is 0 Å². The van der Waals surface area contributed by atoms with E-state index >= 15 is 0 Å². The number of carbonyl (C=O) groups is 2. The van der Waals surface area contributed by atoms with E-state index in [2.05, 4.69) is 5.32 Å². The second kappa shape index (κ2) is 8.12. The molecule has 8 heteroatoms. The van der Waals surface area contributed by atoms with Crippen LogP contribution in [0.1, 0.15) is 6.42 Å². The SMILES string of the molecule is COCCC(=O)N1CCN(C(=O)Nc2ccc(Cl)cc2F)CC1. The molecule has 2 rings (SSSR count). The number of nitrogens with zero attached hydrogens (tertiary/aromatic N) is 2. The highest BCUT2D eigenvalue weighted by Gasteiger charge is 2.24. The summed E-state index contributed by atoms with van der Waals surface area (Å²) in [4.78, 5) is 27.3. The van der Waals surface area contributed by atoms with Gasteiger partial charge in [0.15, 0.2) is 0 Å². The summed E-state index contributed by atoms with van der Waals surface area (Å²) < 4.78 is 18.6. The van der Waals surface area contributed by atoms with Gasteiger partial charge in [-0.2, -0.15) is 0 Å². The molecule has 3 amide bonds. The molecular weight excluding hydrogens is 325 g/mol. The lowest BCUT2D eigenvalue weighted by Gasteiger charge is -2.34. The van der Waals surface area contributed by atoms with Crippen molar-refractivity contribution >= 4 is 29.2 Å². The van der Waals surface area contributed by atoms with Gasteiger partial charge in [0.1, 0.15) is 5.82 Å². The van der Waals surface area contributed by atoms with Gasteiger partial charge in [-0.3, -0.25) is 4.79 Å². The minimum atomic E-state index is -0.584. The number of methoxy groups -OCH3 is 1. The van der Waals surface area contributed by atoms with Gasteiger partial charge in [0, 0.05) is 38.3 Å². The number of nitrogens with one attached hydrogen (secondary N) is 1. The Hall–Kier alpha value is -1.86. The van der Waals surface area contributed by atoms with E-state index in [9.17, 15) is 14.0 Å². The third-order valence-electron chi connectivity index (χ3n) is 3.61. The molecule has 0 atom stereocenters. The van der Waals surface area contributed by atoms with Gasteiger partial charge in [0.2, 0.25) is 5.91 Å². The zero-order valence-electron chi connectivity index (χ0n) is 12.8. The zero-order chi connectivity index (χ0) is 16.8. The minimum Gasteiger partial charge on any atom is -0.384 e. The number of halogens is 2. The third kappa shape index (κ3) is 4.80. The fraction of sp³-hybridized carbons (Fsp3) is 0.467. The number of piperazine rings is 1. The third-order valence-corrected chi connectivity index (χ3v) is 3.85. The first-order valence-electron chi connectivity index (χ1n) is 7.29. The largest absolute Gasteiger partial charge is 0.384 e. The van der Waals surface area contributed by atoms with Crippen LogP contribution in [0.15, 0.2) is 18.2 Å². The summed E-state index contributed by atoms with van der Waals surface area (Å²) in [5.41, 5.74) is 0.0815. The Balaban J connectivity index is 1.85. The van der Waals surface area contributed by atoms with Crippen molar-refractivity contribution in [2.24, 2.45) is 0 Å². The van der Waals surface area contributed by atoms with Crippen molar-refractivity contribution in [2.75, 3.05) is 45.2 Å². The van der Waals surface area contributed by atoms with Gasteiger partial charge in [-0.1, -0.05) is 11.6 Å². The van der Waals surface area contributed by atoms with Gasteiger partial charge in [-0.15, -0.1) is 0 Å². The van der Waals surface area contributed by atoms with Gasteiger partial charge < -0.3 is 19.9 Å². The van der Waals surface area contributed by atoms with E-state index in [1.54, 1.807) is 16.9 Å². The molecule has 1 N–H and O–H groups in total. The normalized spacial score (nSPS) is 14.7. The second-order valence-electron chi connectivity index (χ2n) is 5.16. The molecule has 0 radical (unpaired) electrons. The first-order valence-corrected chi connectivity index (χ1v) is 7.66. The maximum absolute atomic E-state index is 13.7. The highest BCUT2D eigenvalue weighted by molar-refractivity contribution is 6.30. The van der Waals surface area contributed by atoms with Crippen molar-refractivity contribution in [3.8, 4) is 0 Å². The topological polar surface area (TPSA) is 61.9 Å². The lowest BCUT2D eigenvalue weighted by Crippen LogP contribution is -2.51. The lowest BCUT2D eigenvalue weighted by molar-refractivity contribution is -0.133. The molecule has 0 bridgehead atoms. The average Bonchev–Trinajstić information content (AvgIpc) is 2.55. The number of anilines is 1. The summed E-state index contributed by atoms with van der Waals surface area (Å²) in [6.45, 7) is 2.10. The summed E-state index contributed by atoms with van der Waals surface area (Å²) in [6, 6.07) is 3.67. The monoisotopic (exact) mass is 343 g/mol. The molecule has 0 spiro atoms. The number of rotatable bonds is 4. The van der Waals surface area contributed by atoms with Crippen LogP contribution in [0, 0.1) is 5.82 Å². The Morgan fingerprint density at radius 3 is 2.52 bits per heavy atom. The standard InChI is InChI=1S/C15H19ClFN3O3/c1-23-9-4-14(21)19-5-7-20(8-6-19)15(22)18-13-3-2-11(16)10-12(13)17/h2-3,10H,4-9H2,1H3,(H,18,22). The minimum absolute atomic E-state index is 0.00986. The van der Waals surface area contributed by atoms with Crippen LogP contribution in [0.4, 0.5) is 14.9 Å². The highest BCUT2D eigenvalue weighted by Crippen LogP contribution is 2.19. The van der Waals surface area contributed by atoms with Crippen molar-refractivity contribution < 1.29 is 18.7 Å². The predicted octanol–water partition coefficient (Wildman–Crippen LogP) is 2.19. The smallest absolute Gasteiger partial charge is 0.322 e. The van der Waals surface area contributed by atoms with E-state index < -0.39 is 11.8 Å². The summed E-state index contributed by atoms with van der Waals surface area (Å²) in [6.07, 6.45) is 0.332. The molecule has 6 nitrogen and oxygen atoms in total. The van der Waals surface area contributed by atoms with E-state index in [0.717, 1.165) is 6.07 Å². The first-order chi connectivity index (χ1) is 11.0. The maximum atomic E-state index is 13.7. The van der Waals surface area contributed by atoms with Crippen LogP contribution >= 0.6 is 11.6 Å². The Labute approximate surface area is 139 Å². The summed E-state index contributed by atoms with van der Waals surface area (Å²) >= 11 is 5.67. The van der Waals surface area contributed by atoms with E-state index in [1.165, 1.54) is 12.1 Å². The van der Waals surface area contributed by atoms with Crippen molar-refractivity contribution in [1.82, 2.24) is 9.80 Å². The maximum Gasteiger partial charge on any atom is 0.322 e. The van der Waals surface area contributed by atoms with Crippen LogP contribution in [-0.2, 0) is 9.53 Å². The van der Waals surface area contributed by atoms with Crippen LogP contribution in [0.2, 0.25) is 5.02 Å². The molecular formula is C15H19ClFN3O3. The van der Waals surface area contributed by atoms with E-state index in [4.69, 9.17) is 16.3 Å². The van der Waals surface area contributed by atoms with Crippen LogP contribution in [0.3, 0.4) is 0 Å². The Bertz CT molecular complexity index is 577. The lowest BCUT2D eigenvalue weighted by atomic mass is 10.3. The number of benzene rings is 1. The molecule has 126 valence electrons. The molecule has 0 aliphatic carbocycles. The van der Waals surface area contributed by atoms with E-state index in [1.807, 2.05) is 0 Å². The van der Waals surface area contributed by atoms with Gasteiger partial charge >= 0.3 is 6.03 Å². The van der Waals surface area contributed by atoms with Gasteiger partial charge in [0.05, 0.1) is 18.7 Å². The summed E-state index contributed by atoms with van der Waals surface area (Å²) in [5, 5.41) is 2.78. The van der Waals surface area contributed by atoms with Crippen LogP contribution in [0.5, 0.6) is 0 Å². The molecule has 1 fully saturated rings. The fourth-order valence-corrected chi connectivity index (χ4v) is 2.45. The molecule has 1 heterocycles. The molecule has 1 aromatic carbocycles. The fourth-order valence-electron chi connectivity index (χ4n) is 2.29. The molecule has 1 saturated heterocycles. The number of ether oxygens (including phenoxy) is 1. The van der Waals surface area contributed by atoms with Gasteiger partial charge in [0.25, 0.3) is 0 Å². The van der Waals surface area contributed by atoms with Crippen LogP contribution in [0.25, 0.3) is 0 Å². The number of urea groups is 1. The van der Waals surface area contributed by atoms with Crippen LogP contribution in [-0.4, -0.2) is 61.6 Å². The van der Waals surface area contributed by atoms with Crippen molar-refractivity contribution in [3.63, 3.8) is 0 Å². The first kappa shape index (κ1) is 17.5. The zero-order valence-corrected chi connectivity index (χ0v) is 13.6. The number of carbonyl (C=O) groups excluding carboxylic acids is 2. The average molecular weight is 344 g/mol.